The van der Waals surface area contributed by atoms with Crippen molar-refractivity contribution in [1.82, 2.24) is 9.97 Å². The number of aromatic nitrogens is 2. The van der Waals surface area contributed by atoms with Gasteiger partial charge in [0.05, 0.1) is 18.5 Å². The molecule has 3 nitrogen and oxygen atoms in total. The molecule has 12 heavy (non-hydrogen) atoms. The summed E-state index contributed by atoms with van der Waals surface area (Å²) in [6.45, 7) is 6.79. The fraction of sp³-hybridized carbons (Fsp3) is 0.556. The van der Waals surface area contributed by atoms with E-state index in [1.165, 1.54) is 0 Å². The third kappa shape index (κ3) is 2.86. The van der Waals surface area contributed by atoms with E-state index in [2.05, 4.69) is 23.8 Å². The molecular weight excluding hydrogens is 152 g/mol. The predicted molar refractivity (Wildman–Crippen MR) is 47.1 cm³/mol. The Hall–Kier alpha value is -1.12. The van der Waals surface area contributed by atoms with Crippen molar-refractivity contribution in [3.63, 3.8) is 0 Å². The second kappa shape index (κ2) is 4.04. The average molecular weight is 166 g/mol. The molecule has 0 aliphatic rings. The summed E-state index contributed by atoms with van der Waals surface area (Å²) < 4.78 is 5.37. The zero-order valence-electron chi connectivity index (χ0n) is 7.74. The lowest BCUT2D eigenvalue weighted by Crippen LogP contribution is -2.06. The van der Waals surface area contributed by atoms with Crippen LogP contribution in [0.4, 0.5) is 0 Å². The van der Waals surface area contributed by atoms with E-state index in [0.717, 1.165) is 5.69 Å². The summed E-state index contributed by atoms with van der Waals surface area (Å²) in [5.74, 6) is 1.14. The zero-order valence-corrected chi connectivity index (χ0v) is 7.74. The number of ether oxygens (including phenoxy) is 1. The topological polar surface area (TPSA) is 35.0 Å². The first-order valence-electron chi connectivity index (χ1n) is 4.10. The van der Waals surface area contributed by atoms with Crippen molar-refractivity contribution in [3.8, 4) is 5.88 Å². The molecule has 0 bridgehead atoms. The van der Waals surface area contributed by atoms with Gasteiger partial charge in [0.25, 0.3) is 0 Å². The molecule has 0 radical (unpaired) electrons. The average Bonchev–Trinajstić information content (AvgIpc) is 2.01. The molecule has 0 amide bonds. The summed E-state index contributed by atoms with van der Waals surface area (Å²) in [6, 6.07) is 0. The number of aryl methyl sites for hydroxylation is 1. The number of nitrogens with zero attached hydrogens (tertiary/aromatic N) is 2. The van der Waals surface area contributed by atoms with Gasteiger partial charge in [-0.25, -0.2) is 4.98 Å². The summed E-state index contributed by atoms with van der Waals surface area (Å²) in [7, 11) is 0. The molecule has 0 saturated heterocycles. The smallest absolute Gasteiger partial charge is 0.232 e. The Morgan fingerprint density at radius 2 is 2.17 bits per heavy atom. The largest absolute Gasteiger partial charge is 0.476 e. The minimum Gasteiger partial charge on any atom is -0.476 e. The highest BCUT2D eigenvalue weighted by Gasteiger charge is 1.98. The van der Waals surface area contributed by atoms with E-state index < -0.39 is 0 Å². The van der Waals surface area contributed by atoms with E-state index in [1.54, 1.807) is 12.4 Å². The van der Waals surface area contributed by atoms with Crippen LogP contribution in [0.2, 0.25) is 0 Å². The van der Waals surface area contributed by atoms with Gasteiger partial charge in [-0.2, -0.15) is 0 Å². The Labute approximate surface area is 72.8 Å². The Morgan fingerprint density at radius 1 is 1.42 bits per heavy atom. The summed E-state index contributed by atoms with van der Waals surface area (Å²) in [5, 5.41) is 0. The van der Waals surface area contributed by atoms with Crippen LogP contribution in [0.25, 0.3) is 0 Å². The molecule has 1 aromatic rings. The quantitative estimate of drug-likeness (QED) is 0.687. The molecule has 1 rings (SSSR count). The minimum absolute atomic E-state index is 0.521. The number of rotatable bonds is 3. The molecule has 1 aromatic heterocycles. The van der Waals surface area contributed by atoms with Gasteiger partial charge in [-0.05, 0) is 12.8 Å². The van der Waals surface area contributed by atoms with Gasteiger partial charge in [0.1, 0.15) is 0 Å². The maximum absolute atomic E-state index is 5.37. The Morgan fingerprint density at radius 3 is 2.75 bits per heavy atom. The lowest BCUT2D eigenvalue weighted by atomic mass is 10.2. The molecule has 0 aromatic carbocycles. The molecule has 0 spiro atoms. The van der Waals surface area contributed by atoms with Crippen molar-refractivity contribution < 1.29 is 4.74 Å². The fourth-order valence-corrected chi connectivity index (χ4v) is 0.762. The van der Waals surface area contributed by atoms with Crippen molar-refractivity contribution in [2.24, 2.45) is 5.92 Å². The Bertz CT molecular complexity index is 248. The third-order valence-electron chi connectivity index (χ3n) is 1.30. The number of hydrogen-bond donors (Lipinski definition) is 0. The Balaban J connectivity index is 2.52. The van der Waals surface area contributed by atoms with Crippen molar-refractivity contribution in [2.45, 2.75) is 20.8 Å². The van der Waals surface area contributed by atoms with Crippen LogP contribution < -0.4 is 4.74 Å². The van der Waals surface area contributed by atoms with Gasteiger partial charge < -0.3 is 4.74 Å². The summed E-state index contributed by atoms with van der Waals surface area (Å²) >= 11 is 0. The molecule has 1 heterocycles. The number of hydrogen-bond acceptors (Lipinski definition) is 3. The van der Waals surface area contributed by atoms with Crippen molar-refractivity contribution in [1.29, 1.82) is 0 Å². The normalized spacial score (nSPS) is 10.3. The molecule has 0 N–H and O–H groups in total. The monoisotopic (exact) mass is 166 g/mol. The molecule has 0 unspecified atom stereocenters. The van der Waals surface area contributed by atoms with Crippen LogP contribution in [0, 0.1) is 12.8 Å². The van der Waals surface area contributed by atoms with Crippen molar-refractivity contribution in [3.05, 3.63) is 18.1 Å². The van der Waals surface area contributed by atoms with Crippen LogP contribution in [0.15, 0.2) is 12.4 Å². The lowest BCUT2D eigenvalue weighted by Gasteiger charge is -2.06. The van der Waals surface area contributed by atoms with E-state index in [-0.39, 0.29) is 0 Å². The van der Waals surface area contributed by atoms with Gasteiger partial charge in [0, 0.05) is 6.20 Å². The maximum atomic E-state index is 5.37. The van der Waals surface area contributed by atoms with E-state index in [9.17, 15) is 0 Å². The van der Waals surface area contributed by atoms with Crippen LogP contribution in [0.3, 0.4) is 0 Å². The summed E-state index contributed by atoms with van der Waals surface area (Å²) in [4.78, 5) is 8.14. The van der Waals surface area contributed by atoms with Crippen LogP contribution >= 0.6 is 0 Å². The predicted octanol–water partition coefficient (Wildman–Crippen LogP) is 1.82. The first-order chi connectivity index (χ1) is 5.68. The fourth-order valence-electron chi connectivity index (χ4n) is 0.762. The third-order valence-corrected chi connectivity index (χ3v) is 1.30. The van der Waals surface area contributed by atoms with E-state index in [1.807, 2.05) is 6.92 Å². The summed E-state index contributed by atoms with van der Waals surface area (Å²) in [6.07, 6.45) is 3.34. The van der Waals surface area contributed by atoms with Gasteiger partial charge >= 0.3 is 0 Å². The van der Waals surface area contributed by atoms with E-state index in [0.29, 0.717) is 18.4 Å². The van der Waals surface area contributed by atoms with Crippen LogP contribution in [-0.2, 0) is 0 Å². The van der Waals surface area contributed by atoms with Gasteiger partial charge in [-0.1, -0.05) is 13.8 Å². The van der Waals surface area contributed by atoms with Gasteiger partial charge in [-0.3, -0.25) is 4.98 Å². The van der Waals surface area contributed by atoms with Gasteiger partial charge in [0.15, 0.2) is 0 Å². The van der Waals surface area contributed by atoms with Crippen LogP contribution in [-0.4, -0.2) is 16.6 Å². The first-order valence-corrected chi connectivity index (χ1v) is 4.10. The van der Waals surface area contributed by atoms with Crippen LogP contribution in [0.5, 0.6) is 5.88 Å². The first kappa shape index (κ1) is 8.97. The highest BCUT2D eigenvalue weighted by Crippen LogP contribution is 2.05. The molecular formula is C9H14N2O. The van der Waals surface area contributed by atoms with Gasteiger partial charge in [0.2, 0.25) is 5.88 Å². The zero-order chi connectivity index (χ0) is 8.97. The highest BCUT2D eigenvalue weighted by atomic mass is 16.5. The summed E-state index contributed by atoms with van der Waals surface area (Å²) in [5.41, 5.74) is 0.885. The van der Waals surface area contributed by atoms with E-state index >= 15 is 0 Å². The SMILES string of the molecule is Cc1cncc(OCC(C)C)n1. The van der Waals surface area contributed by atoms with Crippen LogP contribution in [0.1, 0.15) is 19.5 Å². The minimum atomic E-state index is 0.521. The standard InChI is InChI=1S/C9H14N2O/c1-7(2)6-12-9-5-10-4-8(3)11-9/h4-5,7H,6H2,1-3H3. The second-order valence-corrected chi connectivity index (χ2v) is 3.20. The second-order valence-electron chi connectivity index (χ2n) is 3.20. The lowest BCUT2D eigenvalue weighted by molar-refractivity contribution is 0.260. The van der Waals surface area contributed by atoms with Gasteiger partial charge in [-0.15, -0.1) is 0 Å². The molecule has 0 saturated carbocycles. The molecule has 0 aliphatic carbocycles. The maximum Gasteiger partial charge on any atom is 0.232 e. The molecule has 0 fully saturated rings. The molecule has 66 valence electrons. The van der Waals surface area contributed by atoms with Crippen molar-refractivity contribution >= 4 is 0 Å². The molecule has 3 heteroatoms. The highest BCUT2D eigenvalue weighted by molar-refractivity contribution is 5.06. The Kier molecular flexibility index (Phi) is 3.02. The van der Waals surface area contributed by atoms with Crippen molar-refractivity contribution in [2.75, 3.05) is 6.61 Å². The molecule has 0 aliphatic heterocycles. The van der Waals surface area contributed by atoms with E-state index in [4.69, 9.17) is 4.74 Å². The molecule has 0 atom stereocenters.